The molecule has 4 heterocycles. The van der Waals surface area contributed by atoms with Gasteiger partial charge in [0.05, 0.1) is 28.0 Å². The lowest BCUT2D eigenvalue weighted by Crippen LogP contribution is -2.49. The number of halogens is 1. The number of carbonyl (C=O) groups excluding carboxylic acids is 4. The summed E-state index contributed by atoms with van der Waals surface area (Å²) in [7, 11) is 1.73. The number of fused-ring (bicyclic) bond motifs is 5. The maximum atomic E-state index is 14.9. The second-order valence-electron chi connectivity index (χ2n) is 15.1. The van der Waals surface area contributed by atoms with Crippen LogP contribution in [-0.2, 0) is 26.2 Å². The number of likely N-dealkylation sites (tertiary alicyclic amines) is 1. The number of hydrogen-bond donors (Lipinski definition) is 1. The van der Waals surface area contributed by atoms with E-state index in [1.54, 1.807) is 47.3 Å². The molecule has 2 saturated heterocycles. The van der Waals surface area contributed by atoms with Crippen LogP contribution in [0.4, 0.5) is 5.82 Å². The highest BCUT2D eigenvalue weighted by atomic mass is 35.5. The minimum atomic E-state index is -1.22. The number of aryl methyl sites for hydroxylation is 2. The molecular formula is C38H37ClN4O5S. The van der Waals surface area contributed by atoms with Crippen LogP contribution in [0.1, 0.15) is 57.6 Å². The summed E-state index contributed by atoms with van der Waals surface area (Å²) in [6.07, 6.45) is 2.66. The monoisotopic (exact) mass is 696 g/mol. The molecular weight excluding hydrogens is 660 g/mol. The minimum absolute atomic E-state index is 0.0463. The minimum Gasteiger partial charge on any atom is -0.508 e. The highest BCUT2D eigenvalue weighted by Crippen LogP contribution is 2.64. The number of carbonyl (C=O) groups is 4. The fraction of sp³-hybridized carbons (Fsp3) is 0.395. The second kappa shape index (κ2) is 10.6. The molecule has 3 fully saturated rings. The molecule has 4 aliphatic rings. The van der Waals surface area contributed by atoms with E-state index in [4.69, 9.17) is 16.7 Å². The molecule has 1 saturated carbocycles. The molecule has 4 aromatic rings. The van der Waals surface area contributed by atoms with Gasteiger partial charge in [-0.1, -0.05) is 35.4 Å². The van der Waals surface area contributed by atoms with Crippen molar-refractivity contribution in [2.45, 2.75) is 58.9 Å². The first-order chi connectivity index (χ1) is 23.1. The Morgan fingerprint density at radius 3 is 2.47 bits per heavy atom. The molecule has 2 aliphatic heterocycles. The van der Waals surface area contributed by atoms with E-state index >= 15 is 0 Å². The molecule has 0 spiro atoms. The van der Waals surface area contributed by atoms with Crippen molar-refractivity contribution in [1.82, 2.24) is 14.7 Å². The highest BCUT2D eigenvalue weighted by molar-refractivity contribution is 7.22. The van der Waals surface area contributed by atoms with E-state index in [9.17, 15) is 24.3 Å². The molecule has 49 heavy (non-hydrogen) atoms. The number of rotatable bonds is 3. The van der Waals surface area contributed by atoms with Gasteiger partial charge in [0.1, 0.15) is 17.3 Å². The third kappa shape index (κ3) is 4.39. The van der Waals surface area contributed by atoms with Crippen LogP contribution in [0.25, 0.3) is 20.7 Å². The number of benzene rings is 2. The Balaban J connectivity index is 1.25. The van der Waals surface area contributed by atoms with Gasteiger partial charge in [0, 0.05) is 34.3 Å². The maximum Gasteiger partial charge on any atom is 0.242 e. The molecule has 4 amide bonds. The number of phenols is 1. The van der Waals surface area contributed by atoms with Crippen LogP contribution in [0.5, 0.6) is 5.75 Å². The number of aromatic hydroxyl groups is 1. The number of nitrogens with zero attached hydrogens (tertiary/aromatic N) is 4. The lowest BCUT2D eigenvalue weighted by molar-refractivity contribution is -0.145. The Hall–Kier alpha value is -4.28. The number of allylic oxidation sites excluding steroid dienone is 2. The second-order valence-corrected chi connectivity index (χ2v) is 16.6. The Kier molecular flexibility index (Phi) is 6.92. The van der Waals surface area contributed by atoms with Gasteiger partial charge < -0.3 is 5.11 Å². The largest absolute Gasteiger partial charge is 0.508 e. The number of phenolic OH excluding ortho intramolecular Hbond substituents is 1. The van der Waals surface area contributed by atoms with Crippen LogP contribution in [0.2, 0.25) is 5.02 Å². The van der Waals surface area contributed by atoms with Crippen LogP contribution >= 0.6 is 22.9 Å². The summed E-state index contributed by atoms with van der Waals surface area (Å²) in [6.45, 7) is 9.43. The van der Waals surface area contributed by atoms with Gasteiger partial charge in [-0.2, -0.15) is 5.10 Å². The molecule has 8 rings (SSSR count). The lowest BCUT2D eigenvalue weighted by Gasteiger charge is -2.49. The molecule has 252 valence electrons. The maximum absolute atomic E-state index is 14.9. The summed E-state index contributed by atoms with van der Waals surface area (Å²) in [4.78, 5) is 61.0. The van der Waals surface area contributed by atoms with Crippen LogP contribution in [0.15, 0.2) is 60.2 Å². The molecule has 1 N–H and O–H groups in total. The summed E-state index contributed by atoms with van der Waals surface area (Å²) < 4.78 is 2.64. The van der Waals surface area contributed by atoms with Crippen molar-refractivity contribution < 1.29 is 24.3 Å². The third-order valence-corrected chi connectivity index (χ3v) is 12.9. The van der Waals surface area contributed by atoms with E-state index in [-0.39, 0.29) is 35.8 Å². The Morgan fingerprint density at radius 1 is 1.00 bits per heavy atom. The van der Waals surface area contributed by atoms with Gasteiger partial charge in [0.15, 0.2) is 0 Å². The van der Waals surface area contributed by atoms with E-state index in [1.807, 2.05) is 65.0 Å². The van der Waals surface area contributed by atoms with Gasteiger partial charge in [-0.05, 0) is 100 Å². The van der Waals surface area contributed by atoms with Gasteiger partial charge in [-0.15, -0.1) is 11.3 Å². The Labute approximate surface area is 293 Å². The molecule has 0 bridgehead atoms. The van der Waals surface area contributed by atoms with Crippen molar-refractivity contribution in [3.63, 3.8) is 0 Å². The van der Waals surface area contributed by atoms with E-state index < -0.39 is 40.5 Å². The Bertz CT molecular complexity index is 2180. The van der Waals surface area contributed by atoms with Crippen molar-refractivity contribution in [2.75, 3.05) is 4.90 Å². The Morgan fingerprint density at radius 2 is 1.76 bits per heavy atom. The number of amides is 4. The smallest absolute Gasteiger partial charge is 0.242 e. The SMILES string of the molecule is Cc1c(-c2cc(N3C(=O)C4CC5C(=CCC6C(=O)N(C(C)(C)C)C(=O)C65)C(c5cccc(O)c5)C4(C)C3=O)n(C)n2)sc2ccc(Cl)cc12. The first-order valence-corrected chi connectivity index (χ1v) is 17.8. The number of aromatic nitrogens is 2. The molecule has 11 heteroatoms. The van der Waals surface area contributed by atoms with Crippen LogP contribution in [0.3, 0.4) is 0 Å². The molecule has 6 atom stereocenters. The predicted molar refractivity (Wildman–Crippen MR) is 188 cm³/mol. The number of anilines is 1. The van der Waals surface area contributed by atoms with Crippen molar-refractivity contribution in [2.24, 2.45) is 36.1 Å². The third-order valence-electron chi connectivity index (χ3n) is 11.4. The lowest BCUT2D eigenvalue weighted by atomic mass is 9.51. The topological polar surface area (TPSA) is 113 Å². The van der Waals surface area contributed by atoms with Gasteiger partial charge in [0.25, 0.3) is 0 Å². The number of imide groups is 2. The van der Waals surface area contributed by atoms with Gasteiger partial charge >= 0.3 is 0 Å². The quantitative estimate of drug-likeness (QED) is 0.182. The van der Waals surface area contributed by atoms with Crippen molar-refractivity contribution in [3.8, 4) is 16.3 Å². The van der Waals surface area contributed by atoms with E-state index in [0.29, 0.717) is 28.5 Å². The average Bonchev–Trinajstić information content (AvgIpc) is 3.70. The zero-order valence-corrected chi connectivity index (χ0v) is 29.7. The van der Waals surface area contributed by atoms with Gasteiger partial charge in [-0.25, -0.2) is 4.90 Å². The highest BCUT2D eigenvalue weighted by Gasteiger charge is 2.68. The summed E-state index contributed by atoms with van der Waals surface area (Å²) in [5.74, 6) is -3.62. The number of thiophene rings is 1. The zero-order valence-electron chi connectivity index (χ0n) is 28.2. The van der Waals surface area contributed by atoms with Crippen LogP contribution < -0.4 is 4.90 Å². The van der Waals surface area contributed by atoms with E-state index in [0.717, 1.165) is 26.1 Å². The first kappa shape index (κ1) is 32.0. The molecule has 2 aromatic carbocycles. The molecule has 9 nitrogen and oxygen atoms in total. The van der Waals surface area contributed by atoms with Crippen LogP contribution in [-0.4, -0.2) is 49.0 Å². The molecule has 6 unspecified atom stereocenters. The molecule has 2 aliphatic carbocycles. The van der Waals surface area contributed by atoms with Crippen molar-refractivity contribution >= 4 is 62.5 Å². The zero-order chi connectivity index (χ0) is 34.9. The summed E-state index contributed by atoms with van der Waals surface area (Å²) in [5, 5.41) is 17.0. The van der Waals surface area contributed by atoms with Gasteiger partial charge in [-0.3, -0.25) is 28.8 Å². The van der Waals surface area contributed by atoms with Crippen LogP contribution in [0, 0.1) is 36.0 Å². The standard InChI is InChI=1S/C38H37ClN4O5S/c1-18-24-15-20(39)10-13-28(24)49-32(18)27-17-29(41(6)40-27)42-34(46)26-16-25-22(11-12-23-30(25)35(47)43(33(23)45)37(2,3)4)31(38(26,5)36(42)48)19-8-7-9-21(44)14-19/h7-11,13-15,17,23,25-26,30-31,44H,12,16H2,1-6H3. The summed E-state index contributed by atoms with van der Waals surface area (Å²) in [5.41, 5.74) is 1.33. The normalized spacial score (nSPS) is 28.3. The summed E-state index contributed by atoms with van der Waals surface area (Å²) >= 11 is 7.87. The summed E-state index contributed by atoms with van der Waals surface area (Å²) in [6, 6.07) is 14.4. The fourth-order valence-corrected chi connectivity index (χ4v) is 10.5. The molecule has 0 radical (unpaired) electrons. The fourth-order valence-electron chi connectivity index (χ4n) is 9.19. The molecule has 2 aromatic heterocycles. The number of hydrogen-bond acceptors (Lipinski definition) is 7. The van der Waals surface area contributed by atoms with Gasteiger partial charge in [0.2, 0.25) is 23.6 Å². The average molecular weight is 697 g/mol. The van der Waals surface area contributed by atoms with E-state index in [1.165, 1.54) is 9.80 Å². The van der Waals surface area contributed by atoms with Crippen molar-refractivity contribution in [3.05, 3.63) is 76.3 Å². The van der Waals surface area contributed by atoms with Crippen molar-refractivity contribution in [1.29, 1.82) is 0 Å². The van der Waals surface area contributed by atoms with E-state index in [2.05, 4.69) is 0 Å². The first-order valence-electron chi connectivity index (χ1n) is 16.6. The predicted octanol–water partition coefficient (Wildman–Crippen LogP) is 7.00.